The minimum atomic E-state index is -3.93. The highest BCUT2D eigenvalue weighted by atomic mass is 32.2. The molecule has 0 aliphatic carbocycles. The highest BCUT2D eigenvalue weighted by molar-refractivity contribution is 7.92. The molecule has 0 unspecified atom stereocenters. The predicted molar refractivity (Wildman–Crippen MR) is 123 cm³/mol. The Kier molecular flexibility index (Phi) is 6.04. The van der Waals surface area contributed by atoms with Gasteiger partial charge < -0.3 is 4.90 Å². The summed E-state index contributed by atoms with van der Waals surface area (Å²) in [5, 5.41) is 0. The number of fused-ring (bicyclic) bond motifs is 1. The molecule has 1 amide bonds. The molecule has 0 aromatic heterocycles. The summed E-state index contributed by atoms with van der Waals surface area (Å²) in [6.45, 7) is 4.66. The lowest BCUT2D eigenvalue weighted by Crippen LogP contribution is -2.36. The van der Waals surface area contributed by atoms with Gasteiger partial charge in [0.2, 0.25) is 15.9 Å². The summed E-state index contributed by atoms with van der Waals surface area (Å²) in [5.74, 6) is -0.0837. The van der Waals surface area contributed by atoms with Crippen LogP contribution in [0.25, 0.3) is 0 Å². The third-order valence-electron chi connectivity index (χ3n) is 6.01. The quantitative estimate of drug-likeness (QED) is 0.713. The lowest BCUT2D eigenvalue weighted by Gasteiger charge is -2.26. The average molecular weight is 478 g/mol. The van der Waals surface area contributed by atoms with Gasteiger partial charge in [-0.05, 0) is 67.6 Å². The third kappa shape index (κ3) is 4.26. The van der Waals surface area contributed by atoms with Gasteiger partial charge in [-0.3, -0.25) is 9.52 Å². The first-order chi connectivity index (χ1) is 15.1. The van der Waals surface area contributed by atoms with E-state index in [0.717, 1.165) is 30.5 Å². The van der Waals surface area contributed by atoms with Crippen molar-refractivity contribution in [2.45, 2.75) is 49.3 Å². The molecule has 32 heavy (non-hydrogen) atoms. The van der Waals surface area contributed by atoms with Crippen LogP contribution in [0.5, 0.6) is 0 Å². The number of nitrogens with zero attached hydrogens (tertiary/aromatic N) is 2. The van der Waals surface area contributed by atoms with E-state index in [2.05, 4.69) is 4.72 Å². The Balaban J connectivity index is 1.62. The number of piperidine rings is 1. The van der Waals surface area contributed by atoms with Crippen molar-refractivity contribution in [3.8, 4) is 0 Å². The van der Waals surface area contributed by atoms with E-state index in [-0.39, 0.29) is 21.4 Å². The van der Waals surface area contributed by atoms with Gasteiger partial charge in [0.25, 0.3) is 10.0 Å². The molecular formula is C22H27N3O5S2. The minimum Gasteiger partial charge on any atom is -0.312 e. The van der Waals surface area contributed by atoms with E-state index < -0.39 is 20.0 Å². The van der Waals surface area contributed by atoms with Crippen molar-refractivity contribution in [3.05, 3.63) is 47.5 Å². The van der Waals surface area contributed by atoms with Crippen molar-refractivity contribution >= 4 is 37.3 Å². The minimum absolute atomic E-state index is 0.0719. The lowest BCUT2D eigenvalue weighted by atomic mass is 10.2. The molecule has 2 aromatic rings. The van der Waals surface area contributed by atoms with E-state index in [1.165, 1.54) is 23.4 Å². The van der Waals surface area contributed by atoms with Crippen molar-refractivity contribution in [2.24, 2.45) is 0 Å². The Bertz CT molecular complexity index is 1270. The van der Waals surface area contributed by atoms with E-state index in [9.17, 15) is 21.6 Å². The number of sulfonamides is 2. The number of hydrogen-bond donors (Lipinski definition) is 1. The molecule has 1 N–H and O–H groups in total. The van der Waals surface area contributed by atoms with Crippen LogP contribution in [0.1, 0.15) is 37.3 Å². The highest BCUT2D eigenvalue weighted by Crippen LogP contribution is 2.31. The Hall–Kier alpha value is -2.43. The van der Waals surface area contributed by atoms with Gasteiger partial charge in [0.15, 0.2) is 0 Å². The van der Waals surface area contributed by atoms with Gasteiger partial charge in [-0.2, -0.15) is 4.31 Å². The van der Waals surface area contributed by atoms with Crippen LogP contribution < -0.4 is 9.62 Å². The Morgan fingerprint density at radius 1 is 0.938 bits per heavy atom. The SMILES string of the molecule is CC(=O)N1CCc2cc(S(=O)(=O)Nc3ccc(C)c(S(=O)(=O)N4CCCCC4)c3)ccc21. The van der Waals surface area contributed by atoms with Gasteiger partial charge in [0, 0.05) is 32.2 Å². The molecule has 0 atom stereocenters. The molecule has 0 saturated carbocycles. The van der Waals surface area contributed by atoms with Crippen molar-refractivity contribution < 1.29 is 21.6 Å². The van der Waals surface area contributed by atoms with Crippen molar-refractivity contribution in [3.63, 3.8) is 0 Å². The number of carbonyl (C=O) groups is 1. The molecule has 8 nitrogen and oxygen atoms in total. The smallest absolute Gasteiger partial charge is 0.261 e. The van der Waals surface area contributed by atoms with Crippen LogP contribution in [0.3, 0.4) is 0 Å². The maximum atomic E-state index is 13.1. The summed E-state index contributed by atoms with van der Waals surface area (Å²) in [7, 11) is -7.63. The molecule has 2 heterocycles. The van der Waals surface area contributed by atoms with Crippen molar-refractivity contribution in [2.75, 3.05) is 29.3 Å². The summed E-state index contributed by atoms with van der Waals surface area (Å²) in [5.41, 5.74) is 2.28. The predicted octanol–water partition coefficient (Wildman–Crippen LogP) is 2.88. The van der Waals surface area contributed by atoms with E-state index in [1.54, 1.807) is 36.1 Å². The lowest BCUT2D eigenvalue weighted by molar-refractivity contribution is -0.116. The summed E-state index contributed by atoms with van der Waals surface area (Å²) in [4.78, 5) is 13.5. The number of anilines is 2. The van der Waals surface area contributed by atoms with Crippen molar-refractivity contribution in [1.29, 1.82) is 0 Å². The number of aryl methyl sites for hydroxylation is 1. The Labute approximate surface area is 189 Å². The van der Waals surface area contributed by atoms with Gasteiger partial charge in [-0.1, -0.05) is 12.5 Å². The topological polar surface area (TPSA) is 104 Å². The number of hydrogen-bond acceptors (Lipinski definition) is 5. The molecule has 2 aliphatic rings. The largest absolute Gasteiger partial charge is 0.312 e. The van der Waals surface area contributed by atoms with Crippen LogP contribution in [0.4, 0.5) is 11.4 Å². The second kappa shape index (κ2) is 8.49. The van der Waals surface area contributed by atoms with Gasteiger partial charge in [0.1, 0.15) is 0 Å². The molecule has 172 valence electrons. The van der Waals surface area contributed by atoms with Gasteiger partial charge in [-0.15, -0.1) is 0 Å². The maximum Gasteiger partial charge on any atom is 0.261 e. The second-order valence-corrected chi connectivity index (χ2v) is 11.9. The van der Waals surface area contributed by atoms with Crippen LogP contribution in [0, 0.1) is 6.92 Å². The van der Waals surface area contributed by atoms with E-state index in [1.807, 2.05) is 0 Å². The van der Waals surface area contributed by atoms with Crippen molar-refractivity contribution in [1.82, 2.24) is 4.31 Å². The average Bonchev–Trinajstić information content (AvgIpc) is 3.19. The van der Waals surface area contributed by atoms with Gasteiger partial charge in [0.05, 0.1) is 15.5 Å². The first-order valence-electron chi connectivity index (χ1n) is 10.6. The molecule has 0 radical (unpaired) electrons. The van der Waals surface area contributed by atoms with E-state index in [4.69, 9.17) is 0 Å². The first kappa shape index (κ1) is 22.8. The number of amides is 1. The first-order valence-corrected chi connectivity index (χ1v) is 13.6. The zero-order valence-corrected chi connectivity index (χ0v) is 19.8. The zero-order valence-electron chi connectivity index (χ0n) is 18.2. The number of benzene rings is 2. The zero-order chi connectivity index (χ0) is 23.1. The molecule has 0 spiro atoms. The maximum absolute atomic E-state index is 13.1. The molecule has 2 aromatic carbocycles. The fraction of sp³-hybridized carbons (Fsp3) is 0.409. The summed E-state index contributed by atoms with van der Waals surface area (Å²) in [6, 6.07) is 9.23. The monoisotopic (exact) mass is 477 g/mol. The molecule has 0 bridgehead atoms. The normalized spacial score (nSPS) is 17.2. The molecule has 1 fully saturated rings. The van der Waals surface area contributed by atoms with E-state index in [0.29, 0.717) is 31.6 Å². The van der Waals surface area contributed by atoms with Gasteiger partial charge in [-0.25, -0.2) is 16.8 Å². The fourth-order valence-electron chi connectivity index (χ4n) is 4.27. The Morgan fingerprint density at radius 3 is 2.34 bits per heavy atom. The summed E-state index contributed by atoms with van der Waals surface area (Å²) >= 11 is 0. The highest BCUT2D eigenvalue weighted by Gasteiger charge is 2.29. The molecule has 10 heteroatoms. The van der Waals surface area contributed by atoms with Crippen LogP contribution >= 0.6 is 0 Å². The number of nitrogens with one attached hydrogen (secondary N) is 1. The van der Waals surface area contributed by atoms with Crippen LogP contribution in [0.15, 0.2) is 46.2 Å². The molecule has 4 rings (SSSR count). The fourth-order valence-corrected chi connectivity index (χ4v) is 7.14. The van der Waals surface area contributed by atoms with Gasteiger partial charge >= 0.3 is 0 Å². The summed E-state index contributed by atoms with van der Waals surface area (Å²) < 4.78 is 56.3. The summed E-state index contributed by atoms with van der Waals surface area (Å²) in [6.07, 6.45) is 3.24. The number of rotatable bonds is 5. The van der Waals surface area contributed by atoms with Crippen LogP contribution in [0.2, 0.25) is 0 Å². The van der Waals surface area contributed by atoms with Crippen LogP contribution in [-0.2, 0) is 31.3 Å². The van der Waals surface area contributed by atoms with E-state index >= 15 is 0 Å². The number of carbonyl (C=O) groups excluding carboxylic acids is 1. The van der Waals surface area contributed by atoms with Crippen LogP contribution in [-0.4, -0.2) is 46.7 Å². The molecule has 2 aliphatic heterocycles. The third-order valence-corrected chi connectivity index (χ3v) is 9.43. The Morgan fingerprint density at radius 2 is 1.66 bits per heavy atom. The standard InChI is InChI=1S/C22H27N3O5S2/c1-16-6-7-19(15-22(16)32(29,30)24-11-4-3-5-12-24)23-31(27,28)20-8-9-21-18(14-20)10-13-25(21)17(2)26/h6-9,14-15,23H,3-5,10-13H2,1-2H3. The second-order valence-electron chi connectivity index (χ2n) is 8.26. The molecular weight excluding hydrogens is 450 g/mol. The molecule has 1 saturated heterocycles.